The fourth-order valence-corrected chi connectivity index (χ4v) is 6.00. The van der Waals surface area contributed by atoms with Gasteiger partial charge in [0.05, 0.1) is 0 Å². The first-order valence-corrected chi connectivity index (χ1v) is 8.70. The molecule has 0 amide bonds. The second-order valence-corrected chi connectivity index (χ2v) is 8.76. The minimum atomic E-state index is 0.559. The SMILES string of the molecule is C=C(C)C1C=C2CCC3C(C)(C)CCCC3(C)C2CC1. The Morgan fingerprint density at radius 3 is 2.60 bits per heavy atom. The van der Waals surface area contributed by atoms with Gasteiger partial charge in [-0.05, 0) is 74.0 Å². The molecule has 0 aromatic rings. The lowest BCUT2D eigenvalue weighted by molar-refractivity contribution is -0.0572. The first-order valence-electron chi connectivity index (χ1n) is 8.70. The van der Waals surface area contributed by atoms with Crippen LogP contribution in [0.1, 0.15) is 72.6 Å². The van der Waals surface area contributed by atoms with E-state index in [0.29, 0.717) is 16.7 Å². The van der Waals surface area contributed by atoms with Gasteiger partial charge in [0.25, 0.3) is 0 Å². The van der Waals surface area contributed by atoms with Crippen molar-refractivity contribution in [1.29, 1.82) is 0 Å². The zero-order chi connectivity index (χ0) is 14.5. The minimum Gasteiger partial charge on any atom is -0.0995 e. The molecule has 2 fully saturated rings. The summed E-state index contributed by atoms with van der Waals surface area (Å²) in [6.45, 7) is 14.1. The molecule has 3 rings (SSSR count). The zero-order valence-electron chi connectivity index (χ0n) is 14.0. The van der Waals surface area contributed by atoms with Gasteiger partial charge in [-0.15, -0.1) is 0 Å². The Hall–Kier alpha value is -0.520. The van der Waals surface area contributed by atoms with Crippen LogP contribution in [0.3, 0.4) is 0 Å². The van der Waals surface area contributed by atoms with Gasteiger partial charge in [-0.3, -0.25) is 0 Å². The molecular weight excluding hydrogens is 240 g/mol. The summed E-state index contributed by atoms with van der Waals surface area (Å²) in [6.07, 6.45) is 12.5. The summed E-state index contributed by atoms with van der Waals surface area (Å²) >= 11 is 0. The third-order valence-electron chi connectivity index (χ3n) is 7.06. The van der Waals surface area contributed by atoms with Crippen molar-refractivity contribution in [2.45, 2.75) is 72.6 Å². The number of allylic oxidation sites excluding steroid dienone is 3. The van der Waals surface area contributed by atoms with Crippen LogP contribution in [0.25, 0.3) is 0 Å². The average Bonchev–Trinajstić information content (AvgIpc) is 2.37. The van der Waals surface area contributed by atoms with Gasteiger partial charge in [0.1, 0.15) is 0 Å². The van der Waals surface area contributed by atoms with E-state index in [-0.39, 0.29) is 0 Å². The predicted molar refractivity (Wildman–Crippen MR) is 87.6 cm³/mol. The quantitative estimate of drug-likeness (QED) is 0.503. The van der Waals surface area contributed by atoms with Gasteiger partial charge in [0.2, 0.25) is 0 Å². The van der Waals surface area contributed by atoms with E-state index in [1.165, 1.54) is 50.5 Å². The van der Waals surface area contributed by atoms with E-state index >= 15 is 0 Å². The van der Waals surface area contributed by atoms with E-state index in [1.54, 1.807) is 5.57 Å². The van der Waals surface area contributed by atoms with E-state index in [2.05, 4.69) is 40.3 Å². The molecule has 0 saturated heterocycles. The molecule has 0 nitrogen and oxygen atoms in total. The van der Waals surface area contributed by atoms with Crippen LogP contribution in [-0.4, -0.2) is 0 Å². The lowest BCUT2D eigenvalue weighted by Gasteiger charge is -2.59. The number of hydrogen-bond acceptors (Lipinski definition) is 0. The molecule has 0 radical (unpaired) electrons. The fraction of sp³-hybridized carbons (Fsp3) is 0.800. The van der Waals surface area contributed by atoms with Crippen molar-refractivity contribution >= 4 is 0 Å². The maximum atomic E-state index is 4.19. The van der Waals surface area contributed by atoms with Crippen LogP contribution in [-0.2, 0) is 0 Å². The van der Waals surface area contributed by atoms with E-state index in [1.807, 2.05) is 0 Å². The molecule has 0 bridgehead atoms. The molecule has 112 valence electrons. The van der Waals surface area contributed by atoms with Crippen molar-refractivity contribution in [1.82, 2.24) is 0 Å². The smallest absolute Gasteiger partial charge is 0.00257 e. The van der Waals surface area contributed by atoms with Crippen LogP contribution in [0.15, 0.2) is 23.8 Å². The van der Waals surface area contributed by atoms with Crippen LogP contribution in [0.5, 0.6) is 0 Å². The zero-order valence-corrected chi connectivity index (χ0v) is 14.0. The van der Waals surface area contributed by atoms with Crippen LogP contribution < -0.4 is 0 Å². The van der Waals surface area contributed by atoms with Crippen molar-refractivity contribution < 1.29 is 0 Å². The Morgan fingerprint density at radius 2 is 1.90 bits per heavy atom. The molecule has 20 heavy (non-hydrogen) atoms. The Labute approximate surface area is 125 Å². The molecule has 0 aromatic heterocycles. The normalized spacial score (nSPS) is 43.2. The van der Waals surface area contributed by atoms with E-state index in [0.717, 1.165) is 11.8 Å². The molecule has 0 aromatic carbocycles. The molecule has 0 heteroatoms. The standard InChI is InChI=1S/C20H32/c1-14(2)15-7-9-17-16(13-15)8-10-18-19(3,4)11-6-12-20(17,18)5/h13,15,17-18H,1,6-12H2,2-5H3. The molecule has 0 spiro atoms. The van der Waals surface area contributed by atoms with Crippen LogP contribution in [0.4, 0.5) is 0 Å². The van der Waals surface area contributed by atoms with Crippen molar-refractivity contribution in [2.75, 3.05) is 0 Å². The average molecular weight is 272 g/mol. The highest BCUT2D eigenvalue weighted by atomic mass is 14.6. The highest BCUT2D eigenvalue weighted by Crippen LogP contribution is 2.63. The van der Waals surface area contributed by atoms with Crippen molar-refractivity contribution in [3.05, 3.63) is 23.8 Å². The summed E-state index contributed by atoms with van der Waals surface area (Å²) in [7, 11) is 0. The highest BCUT2D eigenvalue weighted by Gasteiger charge is 2.53. The van der Waals surface area contributed by atoms with Gasteiger partial charge >= 0.3 is 0 Å². The molecule has 0 N–H and O–H groups in total. The molecular formula is C20H32. The van der Waals surface area contributed by atoms with Crippen molar-refractivity contribution in [3.63, 3.8) is 0 Å². The van der Waals surface area contributed by atoms with Gasteiger partial charge in [-0.25, -0.2) is 0 Å². The number of fused-ring (bicyclic) bond motifs is 3. The molecule has 4 unspecified atom stereocenters. The molecule has 0 heterocycles. The summed E-state index contributed by atoms with van der Waals surface area (Å²) in [6, 6.07) is 0. The molecule has 4 atom stereocenters. The lowest BCUT2D eigenvalue weighted by atomic mass is 9.46. The first-order chi connectivity index (χ1) is 9.34. The predicted octanol–water partition coefficient (Wildman–Crippen LogP) is 6.14. The summed E-state index contributed by atoms with van der Waals surface area (Å²) in [4.78, 5) is 0. The van der Waals surface area contributed by atoms with Crippen molar-refractivity contribution in [2.24, 2.45) is 28.6 Å². The number of rotatable bonds is 1. The summed E-state index contributed by atoms with van der Waals surface area (Å²) in [5, 5.41) is 0. The van der Waals surface area contributed by atoms with E-state index in [4.69, 9.17) is 0 Å². The summed E-state index contributed by atoms with van der Waals surface area (Å²) in [5.74, 6) is 2.47. The monoisotopic (exact) mass is 272 g/mol. The molecule has 0 aliphatic heterocycles. The fourth-order valence-electron chi connectivity index (χ4n) is 6.00. The topological polar surface area (TPSA) is 0 Å². The number of hydrogen-bond donors (Lipinski definition) is 0. The summed E-state index contributed by atoms with van der Waals surface area (Å²) in [5.41, 5.74) is 4.29. The van der Waals surface area contributed by atoms with Gasteiger partial charge in [-0.2, -0.15) is 0 Å². The molecule has 2 saturated carbocycles. The largest absolute Gasteiger partial charge is 0.0995 e. The second-order valence-electron chi connectivity index (χ2n) is 8.76. The Bertz CT molecular complexity index is 439. The van der Waals surface area contributed by atoms with Crippen LogP contribution >= 0.6 is 0 Å². The van der Waals surface area contributed by atoms with Crippen LogP contribution in [0.2, 0.25) is 0 Å². The van der Waals surface area contributed by atoms with Gasteiger partial charge in [0.15, 0.2) is 0 Å². The maximum Gasteiger partial charge on any atom is -0.00257 e. The van der Waals surface area contributed by atoms with Gasteiger partial charge in [0, 0.05) is 0 Å². The van der Waals surface area contributed by atoms with E-state index in [9.17, 15) is 0 Å². The van der Waals surface area contributed by atoms with Crippen molar-refractivity contribution in [3.8, 4) is 0 Å². The Balaban J connectivity index is 1.92. The second kappa shape index (κ2) is 4.75. The maximum absolute atomic E-state index is 4.19. The Kier molecular flexibility index (Phi) is 3.42. The highest BCUT2D eigenvalue weighted by molar-refractivity contribution is 5.25. The third-order valence-corrected chi connectivity index (χ3v) is 7.06. The first kappa shape index (κ1) is 14.4. The summed E-state index contributed by atoms with van der Waals surface area (Å²) < 4.78 is 0. The van der Waals surface area contributed by atoms with E-state index < -0.39 is 0 Å². The minimum absolute atomic E-state index is 0.559. The molecule has 3 aliphatic rings. The molecule has 3 aliphatic carbocycles. The third kappa shape index (κ3) is 2.11. The van der Waals surface area contributed by atoms with Crippen LogP contribution in [0, 0.1) is 28.6 Å². The Morgan fingerprint density at radius 1 is 1.15 bits per heavy atom. The lowest BCUT2D eigenvalue weighted by Crippen LogP contribution is -2.50. The van der Waals surface area contributed by atoms with Gasteiger partial charge < -0.3 is 0 Å². The van der Waals surface area contributed by atoms with Gasteiger partial charge in [-0.1, -0.05) is 51.0 Å².